The summed E-state index contributed by atoms with van der Waals surface area (Å²) in [6, 6.07) is 18.5. The molecule has 1 amide bonds. The summed E-state index contributed by atoms with van der Waals surface area (Å²) in [6.07, 6.45) is 0.715. The largest absolute Gasteiger partial charge is 0.350 e. The van der Waals surface area contributed by atoms with Gasteiger partial charge in [-0.1, -0.05) is 60.7 Å². The molecule has 0 aromatic heterocycles. The van der Waals surface area contributed by atoms with Crippen molar-refractivity contribution in [3.63, 3.8) is 0 Å². The Kier molecular flexibility index (Phi) is 7.40. The minimum Gasteiger partial charge on any atom is -0.350 e. The van der Waals surface area contributed by atoms with E-state index in [1.165, 1.54) is 0 Å². The number of carbonyl (C=O) groups is 1. The highest BCUT2D eigenvalue weighted by atomic mass is 32.2. The van der Waals surface area contributed by atoms with Crippen LogP contribution in [0.3, 0.4) is 0 Å². The van der Waals surface area contributed by atoms with Gasteiger partial charge >= 0.3 is 0 Å². The molecule has 0 saturated heterocycles. The molecule has 4 N–H and O–H groups in total. The lowest BCUT2D eigenvalue weighted by Gasteiger charge is -2.12. The highest BCUT2D eigenvalue weighted by molar-refractivity contribution is 7.85. The van der Waals surface area contributed by atoms with Crippen molar-refractivity contribution in [2.45, 2.75) is 12.6 Å². The fourth-order valence-corrected chi connectivity index (χ4v) is 1.71. The van der Waals surface area contributed by atoms with Gasteiger partial charge in [-0.2, -0.15) is 8.42 Å². The molecule has 2 rings (SSSR count). The van der Waals surface area contributed by atoms with Gasteiger partial charge in [-0.15, -0.1) is 0 Å². The van der Waals surface area contributed by atoms with Gasteiger partial charge < -0.3 is 11.1 Å². The molecular formula is C16H20N2O4S. The van der Waals surface area contributed by atoms with Crippen molar-refractivity contribution in [2.75, 3.05) is 6.26 Å². The molecule has 0 heterocycles. The zero-order valence-corrected chi connectivity index (χ0v) is 13.5. The fraction of sp³-hybridized carbons (Fsp3) is 0.188. The summed E-state index contributed by atoms with van der Waals surface area (Å²) in [6.45, 7) is 0.500. The Morgan fingerprint density at radius 3 is 2.00 bits per heavy atom. The maximum absolute atomic E-state index is 11.9. The Morgan fingerprint density at radius 1 is 1.09 bits per heavy atom. The molecule has 7 heteroatoms. The molecule has 23 heavy (non-hydrogen) atoms. The van der Waals surface area contributed by atoms with Crippen molar-refractivity contribution in [1.82, 2.24) is 5.32 Å². The van der Waals surface area contributed by atoms with Crippen LogP contribution in [0, 0.1) is 0 Å². The van der Waals surface area contributed by atoms with Gasteiger partial charge in [0.2, 0.25) is 5.91 Å². The number of rotatable bonds is 4. The molecule has 0 fully saturated rings. The van der Waals surface area contributed by atoms with Crippen LogP contribution in [0.25, 0.3) is 0 Å². The molecule has 1 unspecified atom stereocenters. The summed E-state index contributed by atoms with van der Waals surface area (Å²) in [5.41, 5.74) is 7.77. The lowest BCUT2D eigenvalue weighted by molar-refractivity contribution is -0.122. The van der Waals surface area contributed by atoms with E-state index in [1.807, 2.05) is 60.7 Å². The molecule has 0 saturated carbocycles. The van der Waals surface area contributed by atoms with E-state index in [1.54, 1.807) is 0 Å². The first-order valence-electron chi connectivity index (χ1n) is 6.82. The number of amides is 1. The smallest absolute Gasteiger partial charge is 0.261 e. The average molecular weight is 336 g/mol. The Labute approximate surface area is 136 Å². The van der Waals surface area contributed by atoms with E-state index in [9.17, 15) is 13.2 Å². The molecule has 0 aliphatic heterocycles. The van der Waals surface area contributed by atoms with Gasteiger partial charge in [-0.3, -0.25) is 9.35 Å². The van der Waals surface area contributed by atoms with E-state index >= 15 is 0 Å². The van der Waals surface area contributed by atoms with E-state index in [4.69, 9.17) is 10.3 Å². The Hall–Kier alpha value is -2.22. The highest BCUT2D eigenvalue weighted by Crippen LogP contribution is 2.09. The van der Waals surface area contributed by atoms with Gasteiger partial charge in [0.1, 0.15) is 6.04 Å². The summed E-state index contributed by atoms with van der Waals surface area (Å²) in [4.78, 5) is 11.9. The van der Waals surface area contributed by atoms with Crippen molar-refractivity contribution in [1.29, 1.82) is 0 Å². The van der Waals surface area contributed by atoms with Gasteiger partial charge in [-0.05, 0) is 11.1 Å². The molecule has 0 radical (unpaired) electrons. The van der Waals surface area contributed by atoms with Crippen molar-refractivity contribution < 1.29 is 17.8 Å². The Morgan fingerprint density at radius 2 is 1.52 bits per heavy atom. The van der Waals surface area contributed by atoms with E-state index in [0.29, 0.717) is 12.8 Å². The van der Waals surface area contributed by atoms with Gasteiger partial charge in [0.15, 0.2) is 0 Å². The summed E-state index contributed by atoms with van der Waals surface area (Å²) in [5, 5.41) is 2.83. The van der Waals surface area contributed by atoms with Gasteiger partial charge in [-0.25, -0.2) is 0 Å². The molecule has 0 spiro atoms. The van der Waals surface area contributed by atoms with Crippen molar-refractivity contribution >= 4 is 16.0 Å². The van der Waals surface area contributed by atoms with Crippen LogP contribution in [-0.4, -0.2) is 25.1 Å². The monoisotopic (exact) mass is 336 g/mol. The summed E-state index contributed by atoms with van der Waals surface area (Å²) >= 11 is 0. The number of carbonyl (C=O) groups excluding carboxylic acids is 1. The predicted octanol–water partition coefficient (Wildman–Crippen LogP) is 1.51. The van der Waals surface area contributed by atoms with E-state index in [2.05, 4.69) is 5.32 Å². The molecule has 1 atom stereocenters. The normalized spacial score (nSPS) is 11.8. The predicted molar refractivity (Wildman–Crippen MR) is 89.1 cm³/mol. The average Bonchev–Trinajstić information content (AvgIpc) is 2.52. The van der Waals surface area contributed by atoms with Crippen LogP contribution in [0.5, 0.6) is 0 Å². The first-order valence-corrected chi connectivity index (χ1v) is 8.67. The molecule has 124 valence electrons. The zero-order valence-electron chi connectivity index (χ0n) is 12.7. The zero-order chi connectivity index (χ0) is 17.3. The second kappa shape index (κ2) is 9.04. The van der Waals surface area contributed by atoms with Crippen molar-refractivity contribution in [3.05, 3.63) is 71.8 Å². The maximum atomic E-state index is 11.9. The first-order chi connectivity index (χ1) is 10.8. The van der Waals surface area contributed by atoms with Crippen LogP contribution in [0.2, 0.25) is 0 Å². The second-order valence-electron chi connectivity index (χ2n) is 4.82. The molecule has 2 aromatic carbocycles. The van der Waals surface area contributed by atoms with Crippen LogP contribution in [-0.2, 0) is 21.5 Å². The molecule has 6 nitrogen and oxygen atoms in total. The minimum absolute atomic E-state index is 0.162. The quantitative estimate of drug-likeness (QED) is 0.733. The van der Waals surface area contributed by atoms with Gasteiger partial charge in [0.05, 0.1) is 6.26 Å². The van der Waals surface area contributed by atoms with Crippen LogP contribution in [0.4, 0.5) is 0 Å². The minimum atomic E-state index is -3.67. The van der Waals surface area contributed by atoms with Crippen molar-refractivity contribution in [3.8, 4) is 0 Å². The van der Waals surface area contributed by atoms with Crippen molar-refractivity contribution in [2.24, 2.45) is 5.73 Å². The summed E-state index contributed by atoms with van der Waals surface area (Å²) in [7, 11) is -3.67. The third-order valence-electron chi connectivity index (χ3n) is 2.75. The lowest BCUT2D eigenvalue weighted by atomic mass is 10.1. The lowest BCUT2D eigenvalue weighted by Crippen LogP contribution is -2.33. The Bertz CT molecular complexity index is 695. The number of nitrogens with two attached hydrogens (primary N) is 1. The third kappa shape index (κ3) is 8.72. The molecule has 0 bridgehead atoms. The van der Waals surface area contributed by atoms with Crippen LogP contribution in [0.1, 0.15) is 17.2 Å². The molecular weight excluding hydrogens is 316 g/mol. The molecule has 0 aliphatic rings. The van der Waals surface area contributed by atoms with Crippen LogP contribution >= 0.6 is 0 Å². The fourth-order valence-electron chi connectivity index (χ4n) is 1.71. The maximum Gasteiger partial charge on any atom is 0.261 e. The first kappa shape index (κ1) is 18.8. The summed E-state index contributed by atoms with van der Waals surface area (Å²) < 4.78 is 25.9. The van der Waals surface area contributed by atoms with E-state index in [-0.39, 0.29) is 5.91 Å². The third-order valence-corrected chi connectivity index (χ3v) is 2.75. The SMILES string of the molecule is CS(=O)(=O)O.NC(C(=O)NCc1ccccc1)c1ccccc1. The number of benzene rings is 2. The summed E-state index contributed by atoms with van der Waals surface area (Å²) in [5.74, 6) is -0.162. The van der Waals surface area contributed by atoms with E-state index in [0.717, 1.165) is 11.1 Å². The Balaban J connectivity index is 0.000000463. The number of hydrogen-bond donors (Lipinski definition) is 3. The standard InChI is InChI=1S/C15H16N2O.CH4O3S/c16-14(13-9-5-2-6-10-13)15(18)17-11-12-7-3-1-4-8-12;1-5(2,3)4/h1-10,14H,11,16H2,(H,17,18);1H3,(H,2,3,4). The number of nitrogens with one attached hydrogen (secondary N) is 1. The number of hydrogen-bond acceptors (Lipinski definition) is 4. The second-order valence-corrected chi connectivity index (χ2v) is 6.29. The molecule has 0 aliphatic carbocycles. The van der Waals surface area contributed by atoms with Gasteiger partial charge in [0.25, 0.3) is 10.1 Å². The highest BCUT2D eigenvalue weighted by Gasteiger charge is 2.14. The topological polar surface area (TPSA) is 109 Å². The van der Waals surface area contributed by atoms with Crippen LogP contribution < -0.4 is 11.1 Å². The van der Waals surface area contributed by atoms with Gasteiger partial charge in [0, 0.05) is 6.54 Å². The van der Waals surface area contributed by atoms with E-state index < -0.39 is 16.2 Å². The molecule has 2 aromatic rings. The van der Waals surface area contributed by atoms with Crippen LogP contribution in [0.15, 0.2) is 60.7 Å².